The molecule has 0 amide bonds. The predicted octanol–water partition coefficient (Wildman–Crippen LogP) is 3.07. The van der Waals surface area contributed by atoms with E-state index < -0.39 is 12.0 Å². The monoisotopic (exact) mass is 428 g/mol. The van der Waals surface area contributed by atoms with Crippen molar-refractivity contribution in [2.75, 3.05) is 0 Å². The van der Waals surface area contributed by atoms with Crippen LogP contribution in [0.4, 0.5) is 0 Å². The maximum atomic E-state index is 12.5. The van der Waals surface area contributed by atoms with Gasteiger partial charge in [0.15, 0.2) is 5.75 Å². The summed E-state index contributed by atoms with van der Waals surface area (Å²) in [5.41, 5.74) is 9.93. The highest BCUT2D eigenvalue weighted by Crippen LogP contribution is 2.43. The summed E-state index contributed by atoms with van der Waals surface area (Å²) in [5, 5.41) is 9.89. The number of aryl methyl sites for hydroxylation is 1. The Morgan fingerprint density at radius 3 is 2.58 bits per heavy atom. The van der Waals surface area contributed by atoms with E-state index in [1.54, 1.807) is 13.1 Å². The highest BCUT2D eigenvalue weighted by atomic mass is 16.5. The van der Waals surface area contributed by atoms with Crippen LogP contribution in [-0.2, 0) is 17.8 Å². The number of hydrogen-bond acceptors (Lipinski definition) is 6. The average molecular weight is 429 g/mol. The van der Waals surface area contributed by atoms with Gasteiger partial charge in [0.05, 0.1) is 5.69 Å². The van der Waals surface area contributed by atoms with Crippen LogP contribution in [0.25, 0.3) is 0 Å². The van der Waals surface area contributed by atoms with E-state index in [2.05, 4.69) is 0 Å². The van der Waals surface area contributed by atoms with Gasteiger partial charge < -0.3 is 24.9 Å². The Bertz CT molecular complexity index is 1070. The number of fused-ring (bicyclic) bond motifs is 1. The van der Waals surface area contributed by atoms with Crippen molar-refractivity contribution in [1.29, 1.82) is 0 Å². The summed E-state index contributed by atoms with van der Waals surface area (Å²) >= 11 is 0. The number of ether oxygens (including phenoxy) is 2. The van der Waals surface area contributed by atoms with Crippen LogP contribution in [-0.4, -0.2) is 27.8 Å². The van der Waals surface area contributed by atoms with Crippen LogP contribution in [0.2, 0.25) is 0 Å². The van der Waals surface area contributed by atoms with Crippen molar-refractivity contribution < 1.29 is 19.4 Å². The molecule has 1 aromatic carbocycles. The quantitative estimate of drug-likeness (QED) is 0.541. The lowest BCUT2D eigenvalue weighted by atomic mass is 9.95. The number of benzene rings is 1. The lowest BCUT2D eigenvalue weighted by Gasteiger charge is -2.20. The second-order valence-corrected chi connectivity index (χ2v) is 8.74. The first kappa shape index (κ1) is 22.9. The minimum Gasteiger partial charge on any atom is -0.503 e. The number of carbonyl (C=O) groups excluding carboxylic acids is 1. The van der Waals surface area contributed by atoms with Crippen LogP contribution in [0.1, 0.15) is 48.2 Å². The van der Waals surface area contributed by atoms with E-state index in [0.717, 1.165) is 28.0 Å². The van der Waals surface area contributed by atoms with E-state index in [-0.39, 0.29) is 23.2 Å². The van der Waals surface area contributed by atoms with Gasteiger partial charge in [0, 0.05) is 37.2 Å². The third kappa shape index (κ3) is 4.32. The van der Waals surface area contributed by atoms with Crippen LogP contribution in [0, 0.1) is 33.6 Å². The molecule has 2 heterocycles. The Morgan fingerprint density at radius 2 is 1.94 bits per heavy atom. The fourth-order valence-electron chi connectivity index (χ4n) is 3.94. The Balaban J connectivity index is 1.80. The van der Waals surface area contributed by atoms with E-state index in [4.69, 9.17) is 15.2 Å². The first-order valence-electron chi connectivity index (χ1n) is 10.7. The Kier molecular flexibility index (Phi) is 6.46. The molecule has 31 heavy (non-hydrogen) atoms. The molecule has 168 valence electrons. The van der Waals surface area contributed by atoms with E-state index in [0.29, 0.717) is 30.8 Å². The molecule has 1 aromatic heterocycles. The van der Waals surface area contributed by atoms with Crippen molar-refractivity contribution in [3.05, 3.63) is 50.4 Å². The molecule has 1 aliphatic rings. The molecule has 3 N–H and O–H groups in total. The van der Waals surface area contributed by atoms with Crippen LogP contribution < -0.4 is 20.6 Å². The molecule has 1 unspecified atom stereocenters. The smallest absolute Gasteiger partial charge is 0.328 e. The number of esters is 1. The Hall–Kier alpha value is -2.80. The van der Waals surface area contributed by atoms with Gasteiger partial charge in [-0.3, -0.25) is 4.79 Å². The molecular weight excluding hydrogens is 396 g/mol. The van der Waals surface area contributed by atoms with Gasteiger partial charge in [-0.25, -0.2) is 4.79 Å². The van der Waals surface area contributed by atoms with E-state index >= 15 is 0 Å². The molecule has 7 nitrogen and oxygen atoms in total. The van der Waals surface area contributed by atoms with Crippen molar-refractivity contribution in [1.82, 2.24) is 4.57 Å². The maximum Gasteiger partial charge on any atom is 0.328 e. The molecule has 7 heteroatoms. The van der Waals surface area contributed by atoms with Crippen molar-refractivity contribution in [3.8, 4) is 17.2 Å². The second kappa shape index (κ2) is 8.75. The van der Waals surface area contributed by atoms with Crippen LogP contribution in [0.15, 0.2) is 17.1 Å². The Morgan fingerprint density at radius 1 is 1.26 bits per heavy atom. The number of carbonyl (C=O) groups is 1. The molecule has 2 atom stereocenters. The molecule has 0 bridgehead atoms. The Labute approximate surface area is 182 Å². The number of rotatable bonds is 6. The fraction of sp³-hybridized carbons (Fsp3) is 0.500. The zero-order valence-electron chi connectivity index (χ0n) is 19.1. The van der Waals surface area contributed by atoms with Crippen LogP contribution in [0.3, 0.4) is 0 Å². The van der Waals surface area contributed by atoms with Gasteiger partial charge >= 0.3 is 5.97 Å². The molecule has 0 fully saturated rings. The summed E-state index contributed by atoms with van der Waals surface area (Å²) in [6.45, 7) is 12.0. The van der Waals surface area contributed by atoms with Gasteiger partial charge in [0.1, 0.15) is 23.6 Å². The normalized spacial score (nSPS) is 16.2. The summed E-state index contributed by atoms with van der Waals surface area (Å²) in [6, 6.07) is 0.695. The van der Waals surface area contributed by atoms with Gasteiger partial charge in [-0.2, -0.15) is 0 Å². The summed E-state index contributed by atoms with van der Waals surface area (Å²) in [5.74, 6) is 0.777. The van der Waals surface area contributed by atoms with Crippen molar-refractivity contribution in [2.24, 2.45) is 11.7 Å². The molecule has 0 spiro atoms. The van der Waals surface area contributed by atoms with Gasteiger partial charge in [-0.05, 0) is 50.3 Å². The molecule has 0 aliphatic carbocycles. The molecule has 0 saturated carbocycles. The molecule has 3 rings (SSSR count). The van der Waals surface area contributed by atoms with Crippen molar-refractivity contribution >= 4 is 5.97 Å². The third-order valence-corrected chi connectivity index (χ3v) is 6.33. The molecule has 0 saturated heterocycles. The summed E-state index contributed by atoms with van der Waals surface area (Å²) in [7, 11) is 0. The zero-order valence-corrected chi connectivity index (χ0v) is 19.1. The zero-order chi connectivity index (χ0) is 23.0. The number of pyridine rings is 1. The predicted molar refractivity (Wildman–Crippen MR) is 119 cm³/mol. The first-order chi connectivity index (χ1) is 14.5. The fourth-order valence-corrected chi connectivity index (χ4v) is 3.94. The van der Waals surface area contributed by atoms with Crippen molar-refractivity contribution in [2.45, 2.75) is 73.1 Å². The lowest BCUT2D eigenvalue weighted by Crippen LogP contribution is -2.38. The largest absolute Gasteiger partial charge is 0.503 e. The first-order valence-corrected chi connectivity index (χ1v) is 10.7. The maximum absolute atomic E-state index is 12.5. The van der Waals surface area contributed by atoms with Crippen LogP contribution >= 0.6 is 0 Å². The summed E-state index contributed by atoms with van der Waals surface area (Å²) in [6.07, 6.45) is 3.06. The van der Waals surface area contributed by atoms with E-state index in [1.807, 2.05) is 39.2 Å². The molecule has 0 radical (unpaired) electrons. The average Bonchev–Trinajstić information content (AvgIpc) is 3.17. The lowest BCUT2D eigenvalue weighted by molar-refractivity contribution is -0.136. The topological polar surface area (TPSA) is 104 Å². The summed E-state index contributed by atoms with van der Waals surface area (Å²) in [4.78, 5) is 24.0. The number of hydrogen-bond donors (Lipinski definition) is 2. The van der Waals surface area contributed by atoms with Gasteiger partial charge in [0.2, 0.25) is 5.43 Å². The number of nitrogens with two attached hydrogens (primary N) is 1. The number of nitrogens with zero attached hydrogens (tertiary/aromatic N) is 1. The standard InChI is InChI=1S/C24H32N2O5/c1-12(2)20(25)24(29)31-22-13(3)14(4)23-18(15(22)5)11-17(30-23)7-9-26-10-8-19(27)21(28)16(26)6/h8,10,12,17,20,28H,7,9,11,25H2,1-6H3/t17?,20-/m0/s1. The number of aromatic nitrogens is 1. The van der Waals surface area contributed by atoms with E-state index in [1.165, 1.54) is 6.07 Å². The highest BCUT2D eigenvalue weighted by molar-refractivity contribution is 5.79. The highest BCUT2D eigenvalue weighted by Gasteiger charge is 2.31. The van der Waals surface area contributed by atoms with Gasteiger partial charge in [0.25, 0.3) is 0 Å². The molecule has 2 aromatic rings. The summed E-state index contributed by atoms with van der Waals surface area (Å²) < 4.78 is 13.8. The van der Waals surface area contributed by atoms with E-state index in [9.17, 15) is 14.7 Å². The minimum absolute atomic E-state index is 0.00701. The van der Waals surface area contributed by atoms with Crippen molar-refractivity contribution in [3.63, 3.8) is 0 Å². The van der Waals surface area contributed by atoms with Gasteiger partial charge in [-0.1, -0.05) is 13.8 Å². The number of aromatic hydroxyl groups is 1. The SMILES string of the molecule is Cc1c(C)c2c(c(C)c1OC(=O)[C@@H](N)C(C)C)CC(CCn1ccc(=O)c(O)c1C)O2. The minimum atomic E-state index is -0.673. The van der Waals surface area contributed by atoms with Gasteiger partial charge in [-0.15, -0.1) is 0 Å². The van der Waals surface area contributed by atoms with Crippen LogP contribution in [0.5, 0.6) is 17.2 Å². The second-order valence-electron chi connectivity index (χ2n) is 8.74. The molecule has 1 aliphatic heterocycles. The molecular formula is C24H32N2O5. The third-order valence-electron chi connectivity index (χ3n) is 6.33.